The van der Waals surface area contributed by atoms with Crippen molar-refractivity contribution < 1.29 is 8.42 Å². The minimum atomic E-state index is -3.10. The van der Waals surface area contributed by atoms with Crippen molar-refractivity contribution in [2.24, 2.45) is 5.41 Å². The van der Waals surface area contributed by atoms with Gasteiger partial charge < -0.3 is 5.32 Å². The van der Waals surface area contributed by atoms with E-state index in [1.54, 1.807) is 11.4 Å². The first-order valence-corrected chi connectivity index (χ1v) is 9.44. The minimum absolute atomic E-state index is 0.200. The highest BCUT2D eigenvalue weighted by molar-refractivity contribution is 7.89. The standard InChI is InChI=1S/C15H32N2O2S/c1-13(2)16-11-6-12-20(18,19)17(5)14-7-9-15(3,4)10-8-14/h13-14,16H,6-12H2,1-5H3. The third-order valence-corrected chi connectivity index (χ3v) is 6.37. The van der Waals surface area contributed by atoms with Crippen LogP contribution in [0.15, 0.2) is 0 Å². The molecule has 0 atom stereocenters. The summed E-state index contributed by atoms with van der Waals surface area (Å²) in [6, 6.07) is 0.613. The van der Waals surface area contributed by atoms with Gasteiger partial charge >= 0.3 is 0 Å². The van der Waals surface area contributed by atoms with Gasteiger partial charge in [-0.3, -0.25) is 0 Å². The van der Waals surface area contributed by atoms with Gasteiger partial charge in [0, 0.05) is 19.1 Å². The van der Waals surface area contributed by atoms with Crippen LogP contribution in [0.2, 0.25) is 0 Å². The molecule has 4 nitrogen and oxygen atoms in total. The molecule has 0 aromatic rings. The molecule has 0 aromatic carbocycles. The molecular formula is C15H32N2O2S. The summed E-state index contributed by atoms with van der Waals surface area (Å²) in [7, 11) is -1.34. The third kappa shape index (κ3) is 5.70. The average molecular weight is 305 g/mol. The Morgan fingerprint density at radius 1 is 1.25 bits per heavy atom. The number of nitrogens with zero attached hydrogens (tertiary/aromatic N) is 1. The van der Waals surface area contributed by atoms with E-state index >= 15 is 0 Å². The van der Waals surface area contributed by atoms with Gasteiger partial charge in [0.15, 0.2) is 0 Å². The Kier molecular flexibility index (Phi) is 6.48. The average Bonchev–Trinajstić information content (AvgIpc) is 2.34. The van der Waals surface area contributed by atoms with Crippen LogP contribution >= 0.6 is 0 Å². The highest BCUT2D eigenvalue weighted by Crippen LogP contribution is 2.37. The van der Waals surface area contributed by atoms with Crippen molar-refractivity contribution in [2.75, 3.05) is 19.3 Å². The molecule has 120 valence electrons. The summed E-state index contributed by atoms with van der Waals surface area (Å²) < 4.78 is 26.3. The fraction of sp³-hybridized carbons (Fsp3) is 1.00. The predicted molar refractivity (Wildman–Crippen MR) is 85.3 cm³/mol. The molecule has 0 spiro atoms. The Morgan fingerprint density at radius 3 is 2.30 bits per heavy atom. The van der Waals surface area contributed by atoms with Crippen molar-refractivity contribution in [1.82, 2.24) is 9.62 Å². The second-order valence-corrected chi connectivity index (χ2v) is 9.34. The van der Waals surface area contributed by atoms with Crippen LogP contribution in [-0.2, 0) is 10.0 Å². The first-order valence-electron chi connectivity index (χ1n) is 7.83. The first-order chi connectivity index (χ1) is 9.14. The largest absolute Gasteiger partial charge is 0.314 e. The fourth-order valence-electron chi connectivity index (χ4n) is 2.76. The van der Waals surface area contributed by atoms with Crippen LogP contribution in [-0.4, -0.2) is 44.2 Å². The molecular weight excluding hydrogens is 272 g/mol. The molecule has 5 heteroatoms. The van der Waals surface area contributed by atoms with Crippen LogP contribution in [0, 0.1) is 5.41 Å². The van der Waals surface area contributed by atoms with E-state index in [4.69, 9.17) is 0 Å². The summed E-state index contributed by atoms with van der Waals surface area (Å²) in [6.07, 6.45) is 4.90. The number of nitrogens with one attached hydrogen (secondary N) is 1. The highest BCUT2D eigenvalue weighted by Gasteiger charge is 2.32. The van der Waals surface area contributed by atoms with Gasteiger partial charge in [0.2, 0.25) is 10.0 Å². The fourth-order valence-corrected chi connectivity index (χ4v) is 4.23. The minimum Gasteiger partial charge on any atom is -0.314 e. The Labute approximate surface area is 125 Å². The van der Waals surface area contributed by atoms with E-state index in [1.807, 2.05) is 0 Å². The van der Waals surface area contributed by atoms with Crippen molar-refractivity contribution in [3.63, 3.8) is 0 Å². The van der Waals surface area contributed by atoms with Crippen molar-refractivity contribution in [3.05, 3.63) is 0 Å². The monoisotopic (exact) mass is 304 g/mol. The Morgan fingerprint density at radius 2 is 1.80 bits per heavy atom. The maximum atomic E-state index is 12.3. The van der Waals surface area contributed by atoms with Crippen molar-refractivity contribution in [1.29, 1.82) is 0 Å². The molecule has 0 aromatic heterocycles. The third-order valence-electron chi connectivity index (χ3n) is 4.39. The maximum absolute atomic E-state index is 12.3. The van der Waals surface area contributed by atoms with Crippen LogP contribution in [0.4, 0.5) is 0 Å². The SMILES string of the molecule is CC(C)NCCCS(=O)(=O)N(C)C1CCC(C)(C)CC1. The lowest BCUT2D eigenvalue weighted by Crippen LogP contribution is -2.42. The van der Waals surface area contributed by atoms with Crippen molar-refractivity contribution >= 4 is 10.0 Å². The smallest absolute Gasteiger partial charge is 0.214 e. The lowest BCUT2D eigenvalue weighted by molar-refractivity contribution is 0.174. The molecule has 0 amide bonds. The Hall–Kier alpha value is -0.130. The Bertz CT molecular complexity index is 381. The molecule has 1 N–H and O–H groups in total. The van der Waals surface area contributed by atoms with E-state index in [-0.39, 0.29) is 11.8 Å². The lowest BCUT2D eigenvalue weighted by Gasteiger charge is -2.38. The van der Waals surface area contributed by atoms with Gasteiger partial charge in [-0.15, -0.1) is 0 Å². The molecule has 20 heavy (non-hydrogen) atoms. The van der Waals surface area contributed by atoms with E-state index in [1.165, 1.54) is 0 Å². The number of hydrogen-bond acceptors (Lipinski definition) is 3. The van der Waals surface area contributed by atoms with Crippen molar-refractivity contribution in [2.45, 2.75) is 71.9 Å². The number of rotatable bonds is 7. The van der Waals surface area contributed by atoms with Crippen LogP contribution in [0.3, 0.4) is 0 Å². The van der Waals surface area contributed by atoms with Gasteiger partial charge in [0.05, 0.1) is 5.75 Å². The van der Waals surface area contributed by atoms with Gasteiger partial charge in [-0.2, -0.15) is 0 Å². The zero-order valence-corrected chi connectivity index (χ0v) is 14.6. The summed E-state index contributed by atoms with van der Waals surface area (Å²) in [5.74, 6) is 0.253. The van der Waals surface area contributed by atoms with Crippen LogP contribution in [0.25, 0.3) is 0 Å². The molecule has 1 aliphatic carbocycles. The lowest BCUT2D eigenvalue weighted by atomic mass is 9.76. The van der Waals surface area contributed by atoms with Gasteiger partial charge in [-0.25, -0.2) is 12.7 Å². The second kappa shape index (κ2) is 7.23. The van der Waals surface area contributed by atoms with Gasteiger partial charge in [-0.1, -0.05) is 27.7 Å². The summed E-state index contributed by atoms with van der Waals surface area (Å²) in [5.41, 5.74) is 0.377. The highest BCUT2D eigenvalue weighted by atomic mass is 32.2. The van der Waals surface area contributed by atoms with Crippen LogP contribution in [0.5, 0.6) is 0 Å². The first kappa shape index (κ1) is 17.9. The van der Waals surface area contributed by atoms with Gasteiger partial charge in [-0.05, 0) is 44.1 Å². The topological polar surface area (TPSA) is 49.4 Å². The van der Waals surface area contributed by atoms with E-state index in [0.29, 0.717) is 17.9 Å². The van der Waals surface area contributed by atoms with E-state index in [0.717, 1.165) is 32.2 Å². The predicted octanol–water partition coefficient (Wildman–Crippen LogP) is 2.60. The Balaban J connectivity index is 2.43. The van der Waals surface area contributed by atoms with E-state index < -0.39 is 10.0 Å². The van der Waals surface area contributed by atoms with Crippen LogP contribution in [0.1, 0.15) is 59.8 Å². The maximum Gasteiger partial charge on any atom is 0.214 e. The molecule has 1 aliphatic rings. The molecule has 1 saturated carbocycles. The van der Waals surface area contributed by atoms with Crippen LogP contribution < -0.4 is 5.32 Å². The number of sulfonamides is 1. The molecule has 0 unspecified atom stereocenters. The summed E-state index contributed by atoms with van der Waals surface area (Å²) in [6.45, 7) is 9.46. The van der Waals surface area contributed by atoms with Crippen molar-refractivity contribution in [3.8, 4) is 0 Å². The normalized spacial score (nSPS) is 20.8. The quantitative estimate of drug-likeness (QED) is 0.736. The molecule has 1 rings (SSSR count). The summed E-state index contributed by atoms with van der Waals surface area (Å²) in [4.78, 5) is 0. The number of hydrogen-bond donors (Lipinski definition) is 1. The molecule has 0 radical (unpaired) electrons. The summed E-state index contributed by atoms with van der Waals surface area (Å²) in [5, 5.41) is 3.26. The molecule has 0 saturated heterocycles. The van der Waals surface area contributed by atoms with E-state index in [9.17, 15) is 8.42 Å². The molecule has 0 bridgehead atoms. The second-order valence-electron chi connectivity index (χ2n) is 7.19. The molecule has 0 heterocycles. The summed E-state index contributed by atoms with van der Waals surface area (Å²) >= 11 is 0. The zero-order chi connectivity index (χ0) is 15.4. The zero-order valence-electron chi connectivity index (χ0n) is 13.8. The van der Waals surface area contributed by atoms with Gasteiger partial charge in [0.25, 0.3) is 0 Å². The van der Waals surface area contributed by atoms with Gasteiger partial charge in [0.1, 0.15) is 0 Å². The molecule has 0 aliphatic heterocycles. The molecule has 1 fully saturated rings. The van der Waals surface area contributed by atoms with E-state index in [2.05, 4.69) is 33.0 Å².